The Morgan fingerprint density at radius 3 is 2.58 bits per heavy atom. The number of nitrogens with zero attached hydrogens (tertiary/aromatic N) is 2. The summed E-state index contributed by atoms with van der Waals surface area (Å²) in [4.78, 5) is 4.15. The normalized spacial score (nSPS) is 13.5. The van der Waals surface area contributed by atoms with Gasteiger partial charge in [0.05, 0.1) is 5.41 Å². The van der Waals surface area contributed by atoms with E-state index in [0.29, 0.717) is 5.82 Å². The van der Waals surface area contributed by atoms with Gasteiger partial charge in [-0.1, -0.05) is 17.3 Å². The van der Waals surface area contributed by atoms with Crippen LogP contribution in [0, 0.1) is 5.82 Å². The fraction of sp³-hybridized carbons (Fsp3) is 0.385. The third kappa shape index (κ3) is 2.64. The minimum Gasteiger partial charge on any atom is -0.382 e. The second kappa shape index (κ2) is 5.07. The Bertz CT molecular complexity index is 551. The molecule has 102 valence electrons. The molecule has 5 nitrogen and oxygen atoms in total. The van der Waals surface area contributed by atoms with Gasteiger partial charge in [0.25, 0.3) is 5.89 Å². The second-order valence-electron chi connectivity index (χ2n) is 4.84. The molecular weight excluding hydrogens is 249 g/mol. The number of hydrogen-bond acceptors (Lipinski definition) is 5. The highest BCUT2D eigenvalue weighted by molar-refractivity contribution is 5.30. The van der Waals surface area contributed by atoms with Crippen molar-refractivity contribution in [3.8, 4) is 0 Å². The van der Waals surface area contributed by atoms with Gasteiger partial charge in [0.15, 0.2) is 5.82 Å². The molecule has 0 bridgehead atoms. The number of aliphatic hydroxyl groups excluding tert-OH is 1. The average Bonchev–Trinajstić information content (AvgIpc) is 2.88. The molecule has 6 heteroatoms. The molecule has 1 aromatic carbocycles. The van der Waals surface area contributed by atoms with Gasteiger partial charge >= 0.3 is 0 Å². The molecule has 0 aliphatic heterocycles. The maximum Gasteiger partial charge on any atom is 0.256 e. The Morgan fingerprint density at radius 1 is 1.37 bits per heavy atom. The highest BCUT2D eigenvalue weighted by atomic mass is 19.1. The van der Waals surface area contributed by atoms with Gasteiger partial charge in [0, 0.05) is 6.54 Å². The molecule has 0 fully saturated rings. The summed E-state index contributed by atoms with van der Waals surface area (Å²) in [5.41, 5.74) is 5.63. The Morgan fingerprint density at radius 2 is 2.00 bits per heavy atom. The lowest BCUT2D eigenvalue weighted by Crippen LogP contribution is -2.21. The van der Waals surface area contributed by atoms with Gasteiger partial charge in [-0.25, -0.2) is 4.39 Å². The zero-order valence-electron chi connectivity index (χ0n) is 10.8. The van der Waals surface area contributed by atoms with Gasteiger partial charge in [-0.3, -0.25) is 0 Å². The van der Waals surface area contributed by atoms with Crippen molar-refractivity contribution in [3.63, 3.8) is 0 Å². The van der Waals surface area contributed by atoms with Gasteiger partial charge in [-0.15, -0.1) is 0 Å². The molecule has 0 radical (unpaired) electrons. The van der Waals surface area contributed by atoms with Crippen molar-refractivity contribution in [1.82, 2.24) is 10.1 Å². The summed E-state index contributed by atoms with van der Waals surface area (Å²) < 4.78 is 17.9. The Balaban J connectivity index is 2.33. The van der Waals surface area contributed by atoms with Gasteiger partial charge < -0.3 is 15.4 Å². The van der Waals surface area contributed by atoms with Crippen LogP contribution in [0.25, 0.3) is 0 Å². The molecule has 1 aromatic heterocycles. The average molecular weight is 265 g/mol. The molecule has 1 atom stereocenters. The molecule has 0 aliphatic rings. The van der Waals surface area contributed by atoms with E-state index in [2.05, 4.69) is 10.1 Å². The number of halogens is 1. The van der Waals surface area contributed by atoms with Crippen LogP contribution in [0.1, 0.15) is 37.2 Å². The number of aromatic nitrogens is 2. The van der Waals surface area contributed by atoms with Gasteiger partial charge in [-0.2, -0.15) is 4.98 Å². The SMILES string of the molecule is CC(C)(c1ccc(F)cc1)c1noc([C@@H](O)CN)n1. The molecule has 0 saturated heterocycles. The molecule has 3 N–H and O–H groups in total. The third-order valence-electron chi connectivity index (χ3n) is 3.07. The lowest BCUT2D eigenvalue weighted by Gasteiger charge is -2.20. The molecule has 2 rings (SSSR count). The van der Waals surface area contributed by atoms with Crippen LogP contribution in [-0.2, 0) is 5.41 Å². The van der Waals surface area contributed by atoms with Crippen molar-refractivity contribution < 1.29 is 14.0 Å². The van der Waals surface area contributed by atoms with Crippen LogP contribution in [0.3, 0.4) is 0 Å². The smallest absolute Gasteiger partial charge is 0.256 e. The molecule has 0 amide bonds. The topological polar surface area (TPSA) is 85.2 Å². The van der Waals surface area contributed by atoms with E-state index in [-0.39, 0.29) is 18.3 Å². The summed E-state index contributed by atoms with van der Waals surface area (Å²) in [5.74, 6) is 0.209. The van der Waals surface area contributed by atoms with Crippen molar-refractivity contribution in [3.05, 3.63) is 47.4 Å². The summed E-state index contributed by atoms with van der Waals surface area (Å²) in [6.45, 7) is 3.80. The largest absolute Gasteiger partial charge is 0.382 e. The fourth-order valence-corrected chi connectivity index (χ4v) is 1.72. The van der Waals surface area contributed by atoms with Crippen LogP contribution in [-0.4, -0.2) is 21.8 Å². The van der Waals surface area contributed by atoms with Gasteiger partial charge in [0.1, 0.15) is 11.9 Å². The third-order valence-corrected chi connectivity index (χ3v) is 3.07. The van der Waals surface area contributed by atoms with E-state index in [0.717, 1.165) is 5.56 Å². The van der Waals surface area contributed by atoms with Crippen molar-refractivity contribution in [2.24, 2.45) is 5.73 Å². The highest BCUT2D eigenvalue weighted by Gasteiger charge is 2.30. The van der Waals surface area contributed by atoms with Crippen LogP contribution in [0.15, 0.2) is 28.8 Å². The summed E-state index contributed by atoms with van der Waals surface area (Å²) >= 11 is 0. The Hall–Kier alpha value is -1.79. The first-order valence-electron chi connectivity index (χ1n) is 5.93. The second-order valence-corrected chi connectivity index (χ2v) is 4.84. The van der Waals surface area contributed by atoms with E-state index in [4.69, 9.17) is 10.3 Å². The van der Waals surface area contributed by atoms with Crippen LogP contribution in [0.2, 0.25) is 0 Å². The summed E-state index contributed by atoms with van der Waals surface area (Å²) in [6.07, 6.45) is -0.967. The van der Waals surface area contributed by atoms with Crippen LogP contribution in [0.5, 0.6) is 0 Å². The maximum absolute atomic E-state index is 12.9. The summed E-state index contributed by atoms with van der Waals surface area (Å²) in [6, 6.07) is 6.11. The lowest BCUT2D eigenvalue weighted by molar-refractivity contribution is 0.141. The Labute approximate surface area is 110 Å². The number of hydrogen-bond donors (Lipinski definition) is 2. The monoisotopic (exact) mass is 265 g/mol. The zero-order chi connectivity index (χ0) is 14.0. The fourth-order valence-electron chi connectivity index (χ4n) is 1.72. The predicted octanol–water partition coefficient (Wildman–Crippen LogP) is 1.53. The molecule has 0 saturated carbocycles. The molecule has 19 heavy (non-hydrogen) atoms. The summed E-state index contributed by atoms with van der Waals surface area (Å²) in [5, 5.41) is 13.4. The van der Waals surface area contributed by atoms with Crippen LogP contribution >= 0.6 is 0 Å². The molecule has 0 aliphatic carbocycles. The first-order valence-corrected chi connectivity index (χ1v) is 5.93. The van der Waals surface area contributed by atoms with E-state index in [1.165, 1.54) is 12.1 Å². The van der Waals surface area contributed by atoms with Crippen LogP contribution < -0.4 is 5.73 Å². The molecule has 1 heterocycles. The number of benzene rings is 1. The number of aliphatic hydroxyl groups is 1. The minimum atomic E-state index is -0.967. The lowest BCUT2D eigenvalue weighted by atomic mass is 9.84. The van der Waals surface area contributed by atoms with Crippen molar-refractivity contribution in [2.75, 3.05) is 6.54 Å². The van der Waals surface area contributed by atoms with Crippen molar-refractivity contribution >= 4 is 0 Å². The molecule has 0 unspecified atom stereocenters. The quantitative estimate of drug-likeness (QED) is 0.875. The highest BCUT2D eigenvalue weighted by Crippen LogP contribution is 2.29. The van der Waals surface area contributed by atoms with E-state index in [1.54, 1.807) is 12.1 Å². The van der Waals surface area contributed by atoms with E-state index < -0.39 is 11.5 Å². The maximum atomic E-state index is 12.9. The van der Waals surface area contributed by atoms with Gasteiger partial charge in [-0.05, 0) is 31.5 Å². The van der Waals surface area contributed by atoms with Crippen molar-refractivity contribution in [1.29, 1.82) is 0 Å². The van der Waals surface area contributed by atoms with E-state index in [9.17, 15) is 9.50 Å². The zero-order valence-corrected chi connectivity index (χ0v) is 10.8. The summed E-state index contributed by atoms with van der Waals surface area (Å²) in [7, 11) is 0. The molecular formula is C13H16FN3O2. The number of nitrogens with two attached hydrogens (primary N) is 1. The first kappa shape index (κ1) is 13.6. The predicted molar refractivity (Wildman–Crippen MR) is 66.8 cm³/mol. The molecule has 2 aromatic rings. The number of rotatable bonds is 4. The Kier molecular flexibility index (Phi) is 3.64. The van der Waals surface area contributed by atoms with Gasteiger partial charge in [0.2, 0.25) is 0 Å². The van der Waals surface area contributed by atoms with Crippen molar-refractivity contribution in [2.45, 2.75) is 25.4 Å². The standard InChI is InChI=1S/C13H16FN3O2/c1-13(2,8-3-5-9(14)6-4-8)12-16-11(19-17-12)10(18)7-15/h3-6,10,18H,7,15H2,1-2H3/t10-/m0/s1. The van der Waals surface area contributed by atoms with E-state index in [1.807, 2.05) is 13.8 Å². The molecule has 0 spiro atoms. The first-order chi connectivity index (χ1) is 8.95. The van der Waals surface area contributed by atoms with Crippen LogP contribution in [0.4, 0.5) is 4.39 Å². The van der Waals surface area contributed by atoms with E-state index >= 15 is 0 Å². The minimum absolute atomic E-state index is 0.0125.